The van der Waals surface area contributed by atoms with E-state index in [0.29, 0.717) is 0 Å². The summed E-state index contributed by atoms with van der Waals surface area (Å²) in [5.41, 5.74) is 0. The van der Waals surface area contributed by atoms with Gasteiger partial charge in [-0.2, -0.15) is 0 Å². The van der Waals surface area contributed by atoms with Crippen LogP contribution in [-0.4, -0.2) is 31.3 Å². The maximum absolute atomic E-state index is 3.93. The van der Waals surface area contributed by atoms with Gasteiger partial charge in [-0.1, -0.05) is 0 Å². The van der Waals surface area contributed by atoms with Crippen molar-refractivity contribution in [1.82, 2.24) is 0 Å². The Kier molecular flexibility index (Phi) is 2.83. The summed E-state index contributed by atoms with van der Waals surface area (Å²) in [5, 5.41) is 0. The van der Waals surface area contributed by atoms with Gasteiger partial charge in [0.15, 0.2) is 0 Å². The molecular weight excluding hydrogens is 208 g/mol. The van der Waals surface area contributed by atoms with Crippen LogP contribution in [0.5, 0.6) is 0 Å². The summed E-state index contributed by atoms with van der Waals surface area (Å²) < 4.78 is 4.42. The summed E-state index contributed by atoms with van der Waals surface area (Å²) in [6.45, 7) is 0. The first-order chi connectivity index (χ1) is 4.00. The number of rotatable bonds is 0. The van der Waals surface area contributed by atoms with Crippen molar-refractivity contribution in [3.05, 3.63) is 22.4 Å². The predicted molar refractivity (Wildman–Crippen MR) is 38.6 cm³/mol. The number of hydrogen-bond acceptors (Lipinski definition) is 1. The molecule has 0 saturated carbocycles. The van der Waals surface area contributed by atoms with Gasteiger partial charge in [0.1, 0.15) is 0 Å². The van der Waals surface area contributed by atoms with Gasteiger partial charge in [0.2, 0.25) is 0 Å². The predicted octanol–water partition coefficient (Wildman–Crippen LogP) is 0.605. The Bertz CT molecular complexity index is 109. The molecule has 0 aromatic carbocycles. The van der Waals surface area contributed by atoms with Crippen molar-refractivity contribution in [1.29, 1.82) is 0 Å². The molecule has 1 heterocycles. The third-order valence-corrected chi connectivity index (χ3v) is 2.65. The summed E-state index contributed by atoms with van der Waals surface area (Å²) in [4.78, 5) is 3.93. The van der Waals surface area contributed by atoms with Crippen LogP contribution in [0.1, 0.15) is 0 Å². The van der Waals surface area contributed by atoms with Crippen LogP contribution in [0.2, 0.25) is 0 Å². The van der Waals surface area contributed by atoms with Crippen molar-refractivity contribution >= 4 is 31.3 Å². The molecule has 0 amide bonds. The molecule has 0 aromatic heterocycles. The van der Waals surface area contributed by atoms with E-state index in [0.717, 1.165) is 0 Å². The molecule has 0 atom stereocenters. The monoisotopic (exact) mass is 213 g/mol. The average molecular weight is 214 g/mol. The first kappa shape index (κ1) is 5.97. The normalized spacial score (nSPS) is 32.0. The Balaban J connectivity index is 2.67. The Morgan fingerprint density at radius 2 is 2.25 bits per heavy atom. The van der Waals surface area contributed by atoms with Gasteiger partial charge < -0.3 is 0 Å². The zero-order chi connectivity index (χ0) is 5.66. The van der Waals surface area contributed by atoms with Gasteiger partial charge in [-0.05, 0) is 0 Å². The minimum atomic E-state index is -0.116. The van der Waals surface area contributed by atoms with Crippen molar-refractivity contribution in [2.75, 3.05) is 0 Å². The summed E-state index contributed by atoms with van der Waals surface area (Å²) in [5.74, 6) is 0. The van der Waals surface area contributed by atoms with Gasteiger partial charge >= 0.3 is 58.7 Å². The fourth-order valence-electron chi connectivity index (χ4n) is 0.375. The number of hydrogen-bond donors (Lipinski definition) is 0. The summed E-state index contributed by atoms with van der Waals surface area (Å²) in [6, 6.07) is 0. The standard InChI is InChI=1S/C6H6N.Sb/c1-3-5-7-6-4-2;/h1-6H;/b3-1?,6-4-,7-5-;. The third kappa shape index (κ3) is 2.22. The van der Waals surface area contributed by atoms with Crippen LogP contribution < -0.4 is 0 Å². The Labute approximate surface area is 58.8 Å². The van der Waals surface area contributed by atoms with E-state index >= 15 is 0 Å². The Morgan fingerprint density at radius 1 is 1.25 bits per heavy atom. The number of allylic oxidation sites excluding steroid dienone is 2. The van der Waals surface area contributed by atoms with Gasteiger partial charge in [-0.3, -0.25) is 0 Å². The quantitative estimate of drug-likeness (QED) is 0.523. The molecule has 0 saturated heterocycles. The zero-order valence-electron chi connectivity index (χ0n) is 4.36. The molecule has 0 N–H and O–H groups in total. The fraction of sp³-hybridized carbons (Fsp3) is 0. The van der Waals surface area contributed by atoms with Crippen LogP contribution in [-0.2, 0) is 0 Å². The van der Waals surface area contributed by atoms with Crippen molar-refractivity contribution in [3.63, 3.8) is 0 Å². The van der Waals surface area contributed by atoms with Crippen molar-refractivity contribution in [2.24, 2.45) is 4.99 Å². The van der Waals surface area contributed by atoms with Crippen molar-refractivity contribution < 1.29 is 0 Å². The van der Waals surface area contributed by atoms with E-state index in [1.165, 1.54) is 0 Å². The molecule has 1 rings (SSSR count). The van der Waals surface area contributed by atoms with Crippen LogP contribution in [0.4, 0.5) is 0 Å². The molecule has 1 nitrogen and oxygen atoms in total. The van der Waals surface area contributed by atoms with E-state index in [1.807, 2.05) is 24.6 Å². The number of nitrogens with zero attached hydrogens (tertiary/aromatic N) is 1. The van der Waals surface area contributed by atoms with Crippen molar-refractivity contribution in [2.45, 2.75) is 0 Å². The second kappa shape index (κ2) is 3.79. The molecule has 0 unspecified atom stereocenters. The van der Waals surface area contributed by atoms with Gasteiger partial charge in [0, 0.05) is 0 Å². The molecular formula is C6H6NSb. The SMILES string of the molecule is C1=C\N=C/C=[CH]\[Sb]=[CH]/1. The van der Waals surface area contributed by atoms with Crippen LogP contribution in [0.3, 0.4) is 0 Å². The van der Waals surface area contributed by atoms with E-state index in [4.69, 9.17) is 0 Å². The summed E-state index contributed by atoms with van der Waals surface area (Å²) in [7, 11) is 0. The van der Waals surface area contributed by atoms with Gasteiger partial charge in [0.05, 0.1) is 0 Å². The second-order valence-corrected chi connectivity index (χ2v) is 3.83. The van der Waals surface area contributed by atoms with E-state index in [2.05, 4.69) is 13.0 Å². The summed E-state index contributed by atoms with van der Waals surface area (Å²) in [6.07, 6.45) is 7.66. The third-order valence-electron chi connectivity index (χ3n) is 0.689. The van der Waals surface area contributed by atoms with Crippen LogP contribution in [0.25, 0.3) is 0 Å². The molecule has 0 fully saturated rings. The molecule has 0 spiro atoms. The van der Waals surface area contributed by atoms with Crippen molar-refractivity contribution in [3.8, 4) is 0 Å². The fourth-order valence-corrected chi connectivity index (χ4v) is 1.67. The van der Waals surface area contributed by atoms with Crippen LogP contribution >= 0.6 is 0 Å². The first-order valence-electron chi connectivity index (χ1n) is 2.37. The van der Waals surface area contributed by atoms with Gasteiger partial charge in [-0.25, -0.2) is 0 Å². The van der Waals surface area contributed by atoms with E-state index in [9.17, 15) is 0 Å². The molecule has 40 valence electrons. The van der Waals surface area contributed by atoms with Gasteiger partial charge in [0.25, 0.3) is 0 Å². The van der Waals surface area contributed by atoms with E-state index < -0.39 is 0 Å². The molecule has 2 heteroatoms. The first-order valence-corrected chi connectivity index (χ1v) is 5.31. The molecule has 1 aliphatic rings. The Morgan fingerprint density at radius 3 is 3.25 bits per heavy atom. The van der Waals surface area contributed by atoms with E-state index in [-0.39, 0.29) is 21.1 Å². The molecule has 0 bridgehead atoms. The molecule has 1 aliphatic heterocycles. The van der Waals surface area contributed by atoms with Crippen LogP contribution in [0.15, 0.2) is 27.4 Å². The summed E-state index contributed by atoms with van der Waals surface area (Å²) >= 11 is -0.116. The van der Waals surface area contributed by atoms with Crippen LogP contribution in [0, 0.1) is 0 Å². The number of aliphatic imine (C=N–C) groups is 1. The van der Waals surface area contributed by atoms with E-state index in [1.54, 1.807) is 0 Å². The molecule has 8 heavy (non-hydrogen) atoms. The molecule has 0 radical (unpaired) electrons. The van der Waals surface area contributed by atoms with Gasteiger partial charge in [-0.15, -0.1) is 0 Å². The molecule has 0 aliphatic carbocycles. The Hall–Kier alpha value is -0.162. The second-order valence-electron chi connectivity index (χ2n) is 1.28. The average Bonchev–Trinajstić information content (AvgIpc) is 1.62. The minimum absolute atomic E-state index is 0.116. The topological polar surface area (TPSA) is 12.4 Å². The zero-order valence-corrected chi connectivity index (χ0v) is 6.91. The molecule has 0 aromatic rings. The maximum atomic E-state index is 3.93.